The van der Waals surface area contributed by atoms with Crippen LogP contribution in [0.3, 0.4) is 0 Å². The summed E-state index contributed by atoms with van der Waals surface area (Å²) in [5.74, 6) is -0.543. The van der Waals surface area contributed by atoms with Crippen LogP contribution in [0.2, 0.25) is 0 Å². The van der Waals surface area contributed by atoms with Gasteiger partial charge in [-0.1, -0.05) is 244 Å². The highest BCUT2D eigenvalue weighted by atomic mass is 31.2. The van der Waals surface area contributed by atoms with Crippen LogP contribution in [-0.2, 0) is 27.9 Å². The van der Waals surface area contributed by atoms with E-state index in [-0.39, 0.29) is 31.5 Å². The van der Waals surface area contributed by atoms with E-state index < -0.39 is 20.0 Å². The van der Waals surface area contributed by atoms with Crippen LogP contribution in [-0.4, -0.2) is 69.4 Å². The molecule has 1 amide bonds. The lowest BCUT2D eigenvalue weighted by Gasteiger charge is -2.30. The van der Waals surface area contributed by atoms with Gasteiger partial charge >= 0.3 is 5.97 Å². The van der Waals surface area contributed by atoms with Gasteiger partial charge in [-0.25, -0.2) is 0 Å². The number of carbonyl (C=O) groups is 2. The molecule has 1 N–H and O–H groups in total. The van der Waals surface area contributed by atoms with Crippen LogP contribution in [0.1, 0.15) is 297 Å². The predicted octanol–water partition coefficient (Wildman–Crippen LogP) is 18.1. The van der Waals surface area contributed by atoms with Crippen molar-refractivity contribution in [2.75, 3.05) is 40.9 Å². The van der Waals surface area contributed by atoms with E-state index in [1.807, 2.05) is 33.3 Å². The Kier molecular flexibility index (Phi) is 51.4. The van der Waals surface area contributed by atoms with Gasteiger partial charge in [0, 0.05) is 12.8 Å². The number of allylic oxidation sites excluding steroid dienone is 5. The Bertz CT molecular complexity index is 1330. The summed E-state index contributed by atoms with van der Waals surface area (Å²) in [5, 5.41) is 3.03. The van der Waals surface area contributed by atoms with Gasteiger partial charge in [-0.3, -0.25) is 14.2 Å². The Hall–Kier alpha value is -1.77. The van der Waals surface area contributed by atoms with E-state index in [1.165, 1.54) is 180 Å². The average Bonchev–Trinajstić information content (AvgIpc) is 3.34. The lowest BCUT2D eigenvalue weighted by molar-refractivity contribution is -0.870. The van der Waals surface area contributed by atoms with E-state index >= 15 is 0 Å². The fourth-order valence-corrected chi connectivity index (χ4v) is 9.69. The number of carbonyl (C=O) groups excluding carboxylic acids is 2. The third kappa shape index (κ3) is 53.1. The minimum atomic E-state index is -4.69. The number of ether oxygens (including phenoxy) is 1. The maximum absolute atomic E-state index is 13.5. The monoisotopic (exact) mass is 1030 g/mol. The molecule has 0 spiro atoms. The standard InChI is InChI=1S/C62H119N2O7P/c1-7-10-13-16-19-22-25-27-28-29-30-31-32-33-34-35-36-37-40-42-45-48-51-54-61(65)63-59(58-70-72(67,68)69-57-56-64(4,5)6)60(53-50-47-44-41-39-26-23-20-17-14-11-8-2)71-62(66)55-52-49-46-43-38-24-21-18-15-12-9-3/h18,21,27-28,50,53,59-60H,7-17,19-20,22-26,29-49,51-52,54-58H2,1-6H3,(H-,63,65,67,68)/b21-18-,28-27+,53-50-. The summed E-state index contributed by atoms with van der Waals surface area (Å²) < 4.78 is 30.2. The summed E-state index contributed by atoms with van der Waals surface area (Å²) in [7, 11) is 1.19. The number of unbranched alkanes of at least 4 members (excludes halogenated alkanes) is 36. The Balaban J connectivity index is 5.10. The molecule has 3 atom stereocenters. The number of nitrogens with one attached hydrogen (secondary N) is 1. The van der Waals surface area contributed by atoms with Crippen molar-refractivity contribution in [1.29, 1.82) is 0 Å². The molecule has 0 heterocycles. The number of phosphoric acid groups is 1. The molecule has 0 aromatic carbocycles. The molecular formula is C62H119N2O7P. The van der Waals surface area contributed by atoms with Crippen molar-refractivity contribution in [1.82, 2.24) is 5.32 Å². The molecular weight excluding hydrogens is 916 g/mol. The fourth-order valence-electron chi connectivity index (χ4n) is 8.97. The van der Waals surface area contributed by atoms with Gasteiger partial charge < -0.3 is 28.5 Å². The van der Waals surface area contributed by atoms with Crippen LogP contribution in [0.25, 0.3) is 0 Å². The maximum atomic E-state index is 13.5. The van der Waals surface area contributed by atoms with Crippen molar-refractivity contribution in [3.05, 3.63) is 36.5 Å². The first-order chi connectivity index (χ1) is 34.9. The molecule has 3 unspecified atom stereocenters. The molecule has 0 bridgehead atoms. The molecule has 0 aliphatic rings. The largest absolute Gasteiger partial charge is 0.756 e. The molecule has 0 aliphatic heterocycles. The SMILES string of the molecule is CCCC/C=C\CCCCCCCC(=O)OC(/C=C\CCCCCCCCCCCC)C(COP(=O)([O-])OCC[N+](C)(C)C)NC(=O)CCCCCCCCCCCCCCC/C=C/CCCCCCCC. The highest BCUT2D eigenvalue weighted by Crippen LogP contribution is 2.38. The molecule has 424 valence electrons. The second-order valence-electron chi connectivity index (χ2n) is 22.2. The summed E-state index contributed by atoms with van der Waals surface area (Å²) in [6.45, 7) is 6.82. The number of esters is 1. The minimum absolute atomic E-state index is 0.0218. The zero-order valence-corrected chi connectivity index (χ0v) is 49.3. The molecule has 0 rings (SSSR count). The lowest BCUT2D eigenvalue weighted by atomic mass is 10.0. The first kappa shape index (κ1) is 70.2. The molecule has 0 saturated carbocycles. The van der Waals surface area contributed by atoms with Gasteiger partial charge in [-0.2, -0.15) is 0 Å². The van der Waals surface area contributed by atoms with Gasteiger partial charge in [0.2, 0.25) is 5.91 Å². The van der Waals surface area contributed by atoms with Crippen LogP contribution in [0.4, 0.5) is 0 Å². The highest BCUT2D eigenvalue weighted by molar-refractivity contribution is 7.45. The smallest absolute Gasteiger partial charge is 0.306 e. The van der Waals surface area contributed by atoms with Gasteiger partial charge in [-0.05, 0) is 76.7 Å². The number of phosphoric ester groups is 1. The quantitative estimate of drug-likeness (QED) is 0.0212. The van der Waals surface area contributed by atoms with Crippen molar-refractivity contribution >= 4 is 19.7 Å². The molecule has 0 radical (unpaired) electrons. The third-order valence-corrected chi connectivity index (χ3v) is 14.8. The lowest BCUT2D eigenvalue weighted by Crippen LogP contribution is -2.47. The highest BCUT2D eigenvalue weighted by Gasteiger charge is 2.27. The van der Waals surface area contributed by atoms with Crippen molar-refractivity contribution in [2.24, 2.45) is 0 Å². The van der Waals surface area contributed by atoms with Crippen LogP contribution < -0.4 is 10.2 Å². The molecule has 10 heteroatoms. The van der Waals surface area contributed by atoms with E-state index in [0.29, 0.717) is 17.4 Å². The van der Waals surface area contributed by atoms with Crippen molar-refractivity contribution in [2.45, 2.75) is 309 Å². The van der Waals surface area contributed by atoms with Crippen molar-refractivity contribution in [3.8, 4) is 0 Å². The third-order valence-electron chi connectivity index (χ3n) is 13.8. The van der Waals surface area contributed by atoms with Gasteiger partial charge in [-0.15, -0.1) is 0 Å². The zero-order chi connectivity index (χ0) is 52.9. The number of rotatable bonds is 56. The number of hydrogen-bond acceptors (Lipinski definition) is 7. The van der Waals surface area contributed by atoms with Gasteiger partial charge in [0.1, 0.15) is 19.3 Å². The van der Waals surface area contributed by atoms with Crippen LogP contribution in [0, 0.1) is 0 Å². The van der Waals surface area contributed by atoms with Crippen LogP contribution >= 0.6 is 7.82 Å². The van der Waals surface area contributed by atoms with Gasteiger partial charge in [0.05, 0.1) is 33.8 Å². The first-order valence-corrected chi connectivity index (χ1v) is 32.3. The summed E-state index contributed by atoms with van der Waals surface area (Å²) >= 11 is 0. The summed E-state index contributed by atoms with van der Waals surface area (Å²) in [4.78, 5) is 39.9. The van der Waals surface area contributed by atoms with E-state index in [1.54, 1.807) is 0 Å². The summed E-state index contributed by atoms with van der Waals surface area (Å²) in [6, 6.07) is -0.887. The Labute approximate surface area is 446 Å². The molecule has 0 saturated heterocycles. The molecule has 72 heavy (non-hydrogen) atoms. The van der Waals surface area contributed by atoms with Crippen molar-refractivity contribution < 1.29 is 37.3 Å². The van der Waals surface area contributed by atoms with E-state index in [9.17, 15) is 19.0 Å². The molecule has 0 fully saturated rings. The Morgan fingerprint density at radius 2 is 0.819 bits per heavy atom. The van der Waals surface area contributed by atoms with Crippen molar-refractivity contribution in [3.63, 3.8) is 0 Å². The first-order valence-electron chi connectivity index (χ1n) is 30.8. The van der Waals surface area contributed by atoms with E-state index in [2.05, 4.69) is 50.4 Å². The molecule has 9 nitrogen and oxygen atoms in total. The molecule has 0 aliphatic carbocycles. The van der Waals surface area contributed by atoms with E-state index in [0.717, 1.165) is 83.5 Å². The zero-order valence-electron chi connectivity index (χ0n) is 48.4. The number of hydrogen-bond donors (Lipinski definition) is 1. The number of quaternary nitrogens is 1. The second-order valence-corrected chi connectivity index (χ2v) is 23.6. The predicted molar refractivity (Wildman–Crippen MR) is 307 cm³/mol. The fraction of sp³-hybridized carbons (Fsp3) is 0.871. The molecule has 0 aromatic heterocycles. The topological polar surface area (TPSA) is 114 Å². The van der Waals surface area contributed by atoms with Crippen LogP contribution in [0.15, 0.2) is 36.5 Å². The minimum Gasteiger partial charge on any atom is -0.756 e. The number of amides is 1. The van der Waals surface area contributed by atoms with E-state index in [4.69, 9.17) is 13.8 Å². The maximum Gasteiger partial charge on any atom is 0.306 e. The van der Waals surface area contributed by atoms with Gasteiger partial charge in [0.25, 0.3) is 7.82 Å². The van der Waals surface area contributed by atoms with Crippen LogP contribution in [0.5, 0.6) is 0 Å². The second kappa shape index (κ2) is 52.7. The van der Waals surface area contributed by atoms with Gasteiger partial charge in [0.15, 0.2) is 0 Å². The number of nitrogens with zero attached hydrogens (tertiary/aromatic N) is 1. The Morgan fingerprint density at radius 1 is 0.472 bits per heavy atom. The Morgan fingerprint density at radius 3 is 1.22 bits per heavy atom. The average molecular weight is 1040 g/mol. The number of likely N-dealkylation sites (N-methyl/N-ethyl adjacent to an activating group) is 1. The molecule has 0 aromatic rings. The summed E-state index contributed by atoms with van der Waals surface area (Å²) in [5.41, 5.74) is 0. The summed E-state index contributed by atoms with van der Waals surface area (Å²) in [6.07, 6.45) is 62.6. The normalized spacial score (nSPS) is 13.9.